The van der Waals surface area contributed by atoms with E-state index in [0.29, 0.717) is 19.0 Å². The fourth-order valence-electron chi connectivity index (χ4n) is 4.29. The van der Waals surface area contributed by atoms with Crippen molar-refractivity contribution in [2.24, 2.45) is 11.8 Å². The average molecular weight is 373 g/mol. The van der Waals surface area contributed by atoms with Gasteiger partial charge < -0.3 is 10.2 Å². The number of carbonyl (C=O) groups excluding carboxylic acids is 1. The van der Waals surface area contributed by atoms with Crippen LogP contribution in [0, 0.1) is 11.8 Å². The first kappa shape index (κ1) is 20.7. The minimum absolute atomic E-state index is 0.150. The number of hydrogen-bond acceptors (Lipinski definition) is 4. The zero-order valence-corrected chi connectivity index (χ0v) is 17.0. The first-order chi connectivity index (χ1) is 11.9. The molecule has 5 nitrogen and oxygen atoms in total. The molecule has 2 fully saturated rings. The van der Waals surface area contributed by atoms with Crippen LogP contribution in [-0.4, -0.2) is 55.9 Å². The standard InChI is InChI=1S/C19H36N2O3S/c1-4-20-14-16-10-12-21(13-11-16)19(22)18(15(2)3)25(23,24)17-8-6-5-7-9-17/h15-18,20H,4-14H2,1-3H3/t18-/m1/s1. The second-order valence-corrected chi connectivity index (χ2v) is 10.4. The fraction of sp³-hybridized carbons (Fsp3) is 0.947. The Bertz CT molecular complexity index is 519. The molecule has 0 radical (unpaired) electrons. The highest BCUT2D eigenvalue weighted by molar-refractivity contribution is 7.93. The molecule has 0 spiro atoms. The number of rotatable bonds is 7. The molecule has 0 aromatic carbocycles. The van der Waals surface area contributed by atoms with Gasteiger partial charge in [-0.15, -0.1) is 0 Å². The van der Waals surface area contributed by atoms with E-state index in [-0.39, 0.29) is 17.1 Å². The van der Waals surface area contributed by atoms with Crippen LogP contribution < -0.4 is 5.32 Å². The molecule has 0 unspecified atom stereocenters. The van der Waals surface area contributed by atoms with Crippen molar-refractivity contribution in [1.29, 1.82) is 0 Å². The summed E-state index contributed by atoms with van der Waals surface area (Å²) >= 11 is 0. The largest absolute Gasteiger partial charge is 0.342 e. The minimum Gasteiger partial charge on any atom is -0.342 e. The molecule has 2 aliphatic rings. The Morgan fingerprint density at radius 2 is 1.68 bits per heavy atom. The zero-order chi connectivity index (χ0) is 18.4. The molecule has 1 amide bonds. The predicted octanol–water partition coefficient (Wildman–Crippen LogP) is 2.61. The third-order valence-electron chi connectivity index (χ3n) is 5.83. The molecule has 1 atom stereocenters. The molecule has 0 bridgehead atoms. The van der Waals surface area contributed by atoms with Gasteiger partial charge in [-0.3, -0.25) is 4.79 Å². The van der Waals surface area contributed by atoms with Gasteiger partial charge in [-0.25, -0.2) is 8.42 Å². The molecular formula is C19H36N2O3S. The molecule has 1 N–H and O–H groups in total. The lowest BCUT2D eigenvalue weighted by atomic mass is 9.96. The summed E-state index contributed by atoms with van der Waals surface area (Å²) < 4.78 is 26.3. The van der Waals surface area contributed by atoms with E-state index >= 15 is 0 Å². The van der Waals surface area contributed by atoms with E-state index in [1.54, 1.807) is 0 Å². The van der Waals surface area contributed by atoms with E-state index in [1.807, 2.05) is 18.7 Å². The Balaban J connectivity index is 2.03. The van der Waals surface area contributed by atoms with Gasteiger partial charge in [0, 0.05) is 13.1 Å². The lowest BCUT2D eigenvalue weighted by Crippen LogP contribution is -2.51. The van der Waals surface area contributed by atoms with Gasteiger partial charge in [0.2, 0.25) is 5.91 Å². The molecule has 6 heteroatoms. The summed E-state index contributed by atoms with van der Waals surface area (Å²) in [5.74, 6) is 0.276. The lowest BCUT2D eigenvalue weighted by Gasteiger charge is -2.36. The van der Waals surface area contributed by atoms with Crippen LogP contribution in [0.3, 0.4) is 0 Å². The molecule has 0 aromatic heterocycles. The van der Waals surface area contributed by atoms with Crippen molar-refractivity contribution in [3.05, 3.63) is 0 Å². The molecule has 1 heterocycles. The van der Waals surface area contributed by atoms with E-state index < -0.39 is 15.1 Å². The Labute approximate surface area is 153 Å². The van der Waals surface area contributed by atoms with Gasteiger partial charge in [0.05, 0.1) is 5.25 Å². The summed E-state index contributed by atoms with van der Waals surface area (Å²) in [7, 11) is -3.40. The average Bonchev–Trinajstić information content (AvgIpc) is 2.60. The van der Waals surface area contributed by atoms with Crippen LogP contribution in [0.5, 0.6) is 0 Å². The monoisotopic (exact) mass is 372 g/mol. The van der Waals surface area contributed by atoms with E-state index in [4.69, 9.17) is 0 Å². The van der Waals surface area contributed by atoms with Gasteiger partial charge in [-0.05, 0) is 50.6 Å². The van der Waals surface area contributed by atoms with Crippen molar-refractivity contribution in [2.45, 2.75) is 76.2 Å². The van der Waals surface area contributed by atoms with E-state index in [9.17, 15) is 13.2 Å². The van der Waals surface area contributed by atoms with E-state index in [0.717, 1.165) is 58.0 Å². The Morgan fingerprint density at radius 1 is 1.08 bits per heavy atom. The first-order valence-corrected chi connectivity index (χ1v) is 11.7. The summed E-state index contributed by atoms with van der Waals surface area (Å²) in [6.45, 7) is 9.20. The number of carbonyl (C=O) groups is 1. The van der Waals surface area contributed by atoms with Crippen molar-refractivity contribution in [2.75, 3.05) is 26.2 Å². The molecule has 0 aromatic rings. The quantitative estimate of drug-likeness (QED) is 0.746. The molecular weight excluding hydrogens is 336 g/mol. The van der Waals surface area contributed by atoms with Crippen molar-refractivity contribution >= 4 is 15.7 Å². The van der Waals surface area contributed by atoms with Gasteiger partial charge in [0.1, 0.15) is 5.25 Å². The van der Waals surface area contributed by atoms with Gasteiger partial charge in [0.15, 0.2) is 9.84 Å². The number of amides is 1. The molecule has 146 valence electrons. The SMILES string of the molecule is CCNCC1CCN(C(=O)[C@@H](C(C)C)S(=O)(=O)C2CCCCC2)CC1. The summed E-state index contributed by atoms with van der Waals surface area (Å²) in [5.41, 5.74) is 0. The first-order valence-electron chi connectivity index (χ1n) is 10.1. The predicted molar refractivity (Wildman–Crippen MR) is 102 cm³/mol. The third-order valence-corrected chi connectivity index (χ3v) is 8.68. The Hall–Kier alpha value is -0.620. The molecule has 1 saturated carbocycles. The van der Waals surface area contributed by atoms with Crippen LogP contribution in [0.15, 0.2) is 0 Å². The van der Waals surface area contributed by atoms with Crippen LogP contribution in [0.2, 0.25) is 0 Å². The maximum Gasteiger partial charge on any atom is 0.241 e. The summed E-state index contributed by atoms with van der Waals surface area (Å²) in [6, 6.07) is 0. The summed E-state index contributed by atoms with van der Waals surface area (Å²) in [6.07, 6.45) is 6.44. The topological polar surface area (TPSA) is 66.5 Å². The van der Waals surface area contributed by atoms with Gasteiger partial charge in [0.25, 0.3) is 0 Å². The van der Waals surface area contributed by atoms with Crippen molar-refractivity contribution < 1.29 is 13.2 Å². The second-order valence-electron chi connectivity index (χ2n) is 8.09. The van der Waals surface area contributed by atoms with Gasteiger partial charge in [-0.1, -0.05) is 40.0 Å². The normalized spacial score (nSPS) is 22.3. The highest BCUT2D eigenvalue weighted by atomic mass is 32.2. The smallest absolute Gasteiger partial charge is 0.241 e. The maximum absolute atomic E-state index is 13.2. The van der Waals surface area contributed by atoms with Crippen molar-refractivity contribution in [1.82, 2.24) is 10.2 Å². The highest BCUT2D eigenvalue weighted by Crippen LogP contribution is 2.30. The fourth-order valence-corrected chi connectivity index (χ4v) is 6.89. The minimum atomic E-state index is -3.40. The zero-order valence-electron chi connectivity index (χ0n) is 16.2. The lowest BCUT2D eigenvalue weighted by molar-refractivity contribution is -0.132. The number of likely N-dealkylation sites (tertiary alicyclic amines) is 1. The molecule has 2 rings (SSSR count). The number of nitrogens with one attached hydrogen (secondary N) is 1. The number of piperidine rings is 1. The maximum atomic E-state index is 13.2. The highest BCUT2D eigenvalue weighted by Gasteiger charge is 2.43. The van der Waals surface area contributed by atoms with E-state index in [2.05, 4.69) is 12.2 Å². The number of nitrogens with zero attached hydrogens (tertiary/aromatic N) is 1. The van der Waals surface area contributed by atoms with Crippen LogP contribution in [-0.2, 0) is 14.6 Å². The van der Waals surface area contributed by atoms with Crippen LogP contribution in [0.25, 0.3) is 0 Å². The summed E-state index contributed by atoms with van der Waals surface area (Å²) in [5, 5.41) is 2.19. The number of sulfone groups is 1. The van der Waals surface area contributed by atoms with Crippen LogP contribution in [0.1, 0.15) is 65.7 Å². The van der Waals surface area contributed by atoms with Gasteiger partial charge >= 0.3 is 0 Å². The molecule has 1 aliphatic heterocycles. The summed E-state index contributed by atoms with van der Waals surface area (Å²) in [4.78, 5) is 14.9. The second kappa shape index (κ2) is 9.36. The van der Waals surface area contributed by atoms with Gasteiger partial charge in [-0.2, -0.15) is 0 Å². The van der Waals surface area contributed by atoms with Crippen molar-refractivity contribution in [3.63, 3.8) is 0 Å². The number of hydrogen-bond donors (Lipinski definition) is 1. The van der Waals surface area contributed by atoms with Crippen LogP contribution >= 0.6 is 0 Å². The third kappa shape index (κ3) is 5.19. The Kier molecular flexibility index (Phi) is 7.74. The molecule has 1 saturated heterocycles. The van der Waals surface area contributed by atoms with Crippen LogP contribution in [0.4, 0.5) is 0 Å². The molecule has 25 heavy (non-hydrogen) atoms. The van der Waals surface area contributed by atoms with Crippen molar-refractivity contribution in [3.8, 4) is 0 Å². The molecule has 1 aliphatic carbocycles. The Morgan fingerprint density at radius 3 is 2.20 bits per heavy atom. The van der Waals surface area contributed by atoms with E-state index in [1.165, 1.54) is 0 Å².